The van der Waals surface area contributed by atoms with Crippen LogP contribution < -0.4 is 14.2 Å². The Labute approximate surface area is 245 Å². The molecule has 11 nitrogen and oxygen atoms in total. The minimum absolute atomic E-state index is 0. The summed E-state index contributed by atoms with van der Waals surface area (Å²) in [6.45, 7) is 6.88. The van der Waals surface area contributed by atoms with Crippen LogP contribution in [-0.2, 0) is 35.9 Å². The molecule has 0 radical (unpaired) electrons. The van der Waals surface area contributed by atoms with E-state index in [1.807, 2.05) is 19.9 Å². The van der Waals surface area contributed by atoms with Gasteiger partial charge in [0.1, 0.15) is 32.2 Å². The molecule has 1 atom stereocenters. The number of rotatable bonds is 7. The number of hydrogen-bond donors (Lipinski definition) is 1. The topological polar surface area (TPSA) is 129 Å². The first-order valence-corrected chi connectivity index (χ1v) is 13.5. The number of aromatic amines is 1. The van der Waals surface area contributed by atoms with Crippen molar-refractivity contribution in [3.05, 3.63) is 35.7 Å². The van der Waals surface area contributed by atoms with Gasteiger partial charge in [0.05, 0.1) is 36.5 Å². The van der Waals surface area contributed by atoms with Gasteiger partial charge < -0.3 is 37.7 Å². The molecule has 0 amide bonds. The quantitative estimate of drug-likeness (QED) is 0.341. The second-order valence-corrected chi connectivity index (χ2v) is 10.7. The summed E-state index contributed by atoms with van der Waals surface area (Å²) in [6, 6.07) is 5.42. The number of imidazole rings is 1. The molecule has 3 aliphatic rings. The molecule has 0 saturated carbocycles. The van der Waals surface area contributed by atoms with Crippen LogP contribution in [0.2, 0.25) is 0 Å². The summed E-state index contributed by atoms with van der Waals surface area (Å²) < 4.78 is 53.5. The second kappa shape index (κ2) is 11.5. The molecule has 1 N–H and O–H groups in total. The third-order valence-corrected chi connectivity index (χ3v) is 7.85. The van der Waals surface area contributed by atoms with E-state index in [0.29, 0.717) is 86.3 Å². The van der Waals surface area contributed by atoms with Crippen LogP contribution in [0.25, 0.3) is 11.0 Å². The Hall–Kier alpha value is -1.61. The Morgan fingerprint density at radius 3 is 2.50 bits per heavy atom. The number of nitrogens with zero attached hydrogens (tertiary/aromatic N) is 2. The zero-order valence-corrected chi connectivity index (χ0v) is 21.6. The van der Waals surface area contributed by atoms with Gasteiger partial charge in [-0.2, -0.15) is 4.98 Å². The number of aromatic nitrogens is 3. The normalized spacial score (nSPS) is 20.3. The number of fused-ring (bicyclic) bond motifs is 2. The minimum atomic E-state index is -1.44. The summed E-state index contributed by atoms with van der Waals surface area (Å²) in [5.74, 6) is 0.589. The van der Waals surface area contributed by atoms with Crippen molar-refractivity contribution in [3.63, 3.8) is 0 Å². The zero-order chi connectivity index (χ0) is 25.5. The third kappa shape index (κ3) is 5.79. The summed E-state index contributed by atoms with van der Waals surface area (Å²) in [7, 11) is 0. The molecule has 38 heavy (non-hydrogen) atoms. The molecule has 1 aromatic carbocycles. The molecule has 2 saturated heterocycles. The first-order chi connectivity index (χ1) is 17.9. The van der Waals surface area contributed by atoms with E-state index < -0.39 is 22.8 Å². The molecule has 6 rings (SSSR count). The van der Waals surface area contributed by atoms with Gasteiger partial charge in [-0.1, -0.05) is 0 Å². The van der Waals surface area contributed by atoms with Gasteiger partial charge in [0.15, 0.2) is 23.0 Å². The molecule has 2 fully saturated rings. The van der Waals surface area contributed by atoms with Crippen LogP contribution in [0.3, 0.4) is 0 Å². The standard InChI is InChI=1S/C25H29N3O8S.Na.H/c1-16-19(13-37(29)23-27-17-11-21-22(12-18(17)28-23)32-8-7-31-21)26-5-3-20(16)30-6-4-24(2)35-14-25(15-36-24)33-9-10-34-25;;/h3,5,11-12H,4,6-10,13-15H2,1-2H3,(H,27,28);;. The predicted molar refractivity (Wildman–Crippen MR) is 138 cm³/mol. The maximum absolute atomic E-state index is 13.2. The summed E-state index contributed by atoms with van der Waals surface area (Å²) in [6.07, 6.45) is 2.17. The van der Waals surface area contributed by atoms with Gasteiger partial charge in [-0.05, 0) is 19.9 Å². The zero-order valence-electron chi connectivity index (χ0n) is 20.7. The van der Waals surface area contributed by atoms with E-state index in [1.54, 1.807) is 18.3 Å². The first-order valence-electron chi connectivity index (χ1n) is 12.2. The average molecular weight is 556 g/mol. The van der Waals surface area contributed by atoms with Crippen LogP contribution in [-0.4, -0.2) is 107 Å². The molecule has 3 aliphatic heterocycles. The van der Waals surface area contributed by atoms with Gasteiger partial charge >= 0.3 is 34.7 Å². The molecular formula is C25H30N3NaO8S. The summed E-state index contributed by atoms with van der Waals surface area (Å²) >= 11 is -1.44. The van der Waals surface area contributed by atoms with Crippen molar-refractivity contribution in [2.45, 2.75) is 42.8 Å². The summed E-state index contributed by atoms with van der Waals surface area (Å²) in [5, 5.41) is 0.373. The molecule has 0 aliphatic carbocycles. The fourth-order valence-corrected chi connectivity index (χ4v) is 5.55. The van der Waals surface area contributed by atoms with Gasteiger partial charge in [-0.15, -0.1) is 0 Å². The monoisotopic (exact) mass is 555 g/mol. The fraction of sp³-hybridized carbons (Fsp3) is 0.520. The molecule has 1 spiro atoms. The molecule has 2 aromatic heterocycles. The number of pyridine rings is 1. The molecule has 13 heteroatoms. The molecule has 0 bridgehead atoms. The average Bonchev–Trinajstić information content (AvgIpc) is 3.54. The number of H-pyrrole nitrogens is 1. The van der Waals surface area contributed by atoms with Gasteiger partial charge in [0.2, 0.25) is 5.79 Å². The van der Waals surface area contributed by atoms with Crippen molar-refractivity contribution in [1.29, 1.82) is 0 Å². The number of nitrogens with one attached hydrogen (secondary N) is 1. The van der Waals surface area contributed by atoms with E-state index >= 15 is 0 Å². The number of benzene rings is 1. The van der Waals surface area contributed by atoms with Gasteiger partial charge in [0, 0.05) is 41.5 Å². The van der Waals surface area contributed by atoms with E-state index in [-0.39, 0.29) is 35.3 Å². The van der Waals surface area contributed by atoms with Crippen molar-refractivity contribution in [3.8, 4) is 17.2 Å². The molecule has 1 unspecified atom stereocenters. The maximum atomic E-state index is 13.2. The van der Waals surface area contributed by atoms with Gasteiger partial charge in [0.25, 0.3) is 0 Å². The van der Waals surface area contributed by atoms with Gasteiger partial charge in [-0.25, -0.2) is 0 Å². The Morgan fingerprint density at radius 1 is 1.05 bits per heavy atom. The van der Waals surface area contributed by atoms with Crippen LogP contribution in [0.4, 0.5) is 0 Å². The number of hydrogen-bond acceptors (Lipinski definition) is 10. The SMILES string of the molecule is Cc1c(OCCC2(C)OCC3(CO2)OCCO3)ccnc1C[S+]([O-])c1nc2cc3c(cc2[nH]1)OCCO3.[NaH]. The van der Waals surface area contributed by atoms with Crippen LogP contribution in [0.1, 0.15) is 24.6 Å². The Morgan fingerprint density at radius 2 is 1.76 bits per heavy atom. The van der Waals surface area contributed by atoms with Crippen LogP contribution in [0, 0.1) is 6.92 Å². The Kier molecular flexibility index (Phi) is 8.44. The van der Waals surface area contributed by atoms with Crippen molar-refractivity contribution in [2.75, 3.05) is 46.2 Å². The predicted octanol–water partition coefficient (Wildman–Crippen LogP) is 1.97. The Balaban J connectivity index is 0.00000294. The summed E-state index contributed by atoms with van der Waals surface area (Å²) in [5.41, 5.74) is 2.92. The van der Waals surface area contributed by atoms with Crippen molar-refractivity contribution >= 4 is 51.8 Å². The van der Waals surface area contributed by atoms with E-state index in [2.05, 4.69) is 15.0 Å². The van der Waals surface area contributed by atoms with E-state index in [9.17, 15) is 4.55 Å². The van der Waals surface area contributed by atoms with Crippen LogP contribution in [0.15, 0.2) is 29.6 Å². The van der Waals surface area contributed by atoms with Crippen LogP contribution >= 0.6 is 0 Å². The number of ether oxygens (including phenoxy) is 7. The van der Waals surface area contributed by atoms with E-state index in [1.165, 1.54) is 0 Å². The second-order valence-electron chi connectivity index (χ2n) is 9.34. The van der Waals surface area contributed by atoms with Gasteiger partial charge in [-0.3, -0.25) is 9.97 Å². The third-order valence-electron chi connectivity index (χ3n) is 6.69. The summed E-state index contributed by atoms with van der Waals surface area (Å²) in [4.78, 5) is 12.1. The molecular weight excluding hydrogens is 525 g/mol. The van der Waals surface area contributed by atoms with Crippen molar-refractivity contribution in [2.24, 2.45) is 0 Å². The Bertz CT molecular complexity index is 1230. The molecule has 200 valence electrons. The van der Waals surface area contributed by atoms with E-state index in [4.69, 9.17) is 33.2 Å². The van der Waals surface area contributed by atoms with E-state index in [0.717, 1.165) is 11.1 Å². The molecule has 5 heterocycles. The van der Waals surface area contributed by atoms with Crippen LogP contribution in [0.5, 0.6) is 17.2 Å². The van der Waals surface area contributed by atoms with Crippen molar-refractivity contribution in [1.82, 2.24) is 15.0 Å². The fourth-order valence-electron chi connectivity index (χ4n) is 4.45. The van der Waals surface area contributed by atoms with Crippen molar-refractivity contribution < 1.29 is 37.7 Å². The first kappa shape index (κ1) is 27.9. The molecule has 3 aromatic rings.